The number of hydrogen-bond acceptors (Lipinski definition) is 3. The molecule has 0 bridgehead atoms. The molecule has 0 spiro atoms. The smallest absolute Gasteiger partial charge is 0.0961 e. The molecule has 1 rings (SSSR count). The van der Waals surface area contributed by atoms with Crippen molar-refractivity contribution >= 4 is 23.4 Å². The Bertz CT molecular complexity index is 311. The molecule has 15 heavy (non-hydrogen) atoms. The summed E-state index contributed by atoms with van der Waals surface area (Å²) in [5.41, 5.74) is -0.661. The van der Waals surface area contributed by atoms with E-state index in [1.165, 1.54) is 0 Å². The van der Waals surface area contributed by atoms with Crippen LogP contribution < -0.4 is 0 Å². The average Bonchev–Trinajstić information content (AvgIpc) is 2.17. The maximum Gasteiger partial charge on any atom is 0.0961 e. The number of nitrogens with zero attached hydrogens (tertiary/aromatic N) is 1. The predicted octanol–water partition coefficient (Wildman–Crippen LogP) is 3.23. The summed E-state index contributed by atoms with van der Waals surface area (Å²) < 4.78 is 0. The molecule has 0 aliphatic heterocycles. The van der Waals surface area contributed by atoms with Gasteiger partial charge in [0.25, 0.3) is 0 Å². The highest BCUT2D eigenvalue weighted by atomic mass is 35.5. The SMILES string of the molecule is CC(C)C(C)(O)CSc1ccc(Cl)cn1. The molecule has 0 aromatic carbocycles. The number of aromatic nitrogens is 1. The summed E-state index contributed by atoms with van der Waals surface area (Å²) in [5, 5.41) is 11.6. The van der Waals surface area contributed by atoms with Crippen molar-refractivity contribution in [1.29, 1.82) is 0 Å². The van der Waals surface area contributed by atoms with E-state index in [0.717, 1.165) is 5.03 Å². The maximum atomic E-state index is 10.0. The van der Waals surface area contributed by atoms with Crippen molar-refractivity contribution < 1.29 is 5.11 Å². The lowest BCUT2D eigenvalue weighted by Crippen LogP contribution is -2.33. The molecule has 4 heteroatoms. The minimum absolute atomic E-state index is 0.234. The van der Waals surface area contributed by atoms with Crippen molar-refractivity contribution in [2.75, 3.05) is 5.75 Å². The lowest BCUT2D eigenvalue weighted by molar-refractivity contribution is 0.0376. The molecule has 84 valence electrons. The predicted molar refractivity (Wildman–Crippen MR) is 65.4 cm³/mol. The van der Waals surface area contributed by atoms with E-state index in [4.69, 9.17) is 11.6 Å². The molecule has 0 aliphatic carbocycles. The van der Waals surface area contributed by atoms with Gasteiger partial charge in [-0.15, -0.1) is 11.8 Å². The number of hydrogen-bond donors (Lipinski definition) is 1. The molecule has 1 N–H and O–H groups in total. The van der Waals surface area contributed by atoms with Gasteiger partial charge in [-0.2, -0.15) is 0 Å². The molecule has 1 heterocycles. The molecule has 0 saturated heterocycles. The molecule has 0 fully saturated rings. The van der Waals surface area contributed by atoms with E-state index in [2.05, 4.69) is 4.98 Å². The second-order valence-corrected chi connectivity index (χ2v) is 5.55. The molecule has 0 radical (unpaired) electrons. The Hall–Kier alpha value is -0.250. The van der Waals surface area contributed by atoms with Gasteiger partial charge < -0.3 is 5.11 Å². The monoisotopic (exact) mass is 245 g/mol. The molecular weight excluding hydrogens is 230 g/mol. The van der Waals surface area contributed by atoms with Crippen LogP contribution in [0.15, 0.2) is 23.4 Å². The third-order valence-corrected chi connectivity index (χ3v) is 3.95. The fraction of sp³-hybridized carbons (Fsp3) is 0.545. The van der Waals surface area contributed by atoms with Crippen molar-refractivity contribution in [1.82, 2.24) is 4.98 Å². The second kappa shape index (κ2) is 5.19. The molecule has 0 amide bonds. The van der Waals surface area contributed by atoms with Gasteiger partial charge in [0.1, 0.15) is 0 Å². The largest absolute Gasteiger partial charge is 0.389 e. The van der Waals surface area contributed by atoms with Crippen LogP contribution in [0.2, 0.25) is 5.02 Å². The van der Waals surface area contributed by atoms with Gasteiger partial charge in [-0.1, -0.05) is 25.4 Å². The highest BCUT2D eigenvalue weighted by molar-refractivity contribution is 7.99. The number of thioether (sulfide) groups is 1. The summed E-state index contributed by atoms with van der Waals surface area (Å²) in [4.78, 5) is 4.16. The van der Waals surface area contributed by atoms with Crippen LogP contribution in [-0.2, 0) is 0 Å². The summed E-state index contributed by atoms with van der Waals surface area (Å²) in [5.74, 6) is 0.872. The zero-order valence-corrected chi connectivity index (χ0v) is 10.8. The standard InChI is InChI=1S/C11H16ClNOS/c1-8(2)11(3,14)7-15-10-5-4-9(12)6-13-10/h4-6,8,14H,7H2,1-3H3. The Morgan fingerprint density at radius 3 is 2.67 bits per heavy atom. The molecule has 1 unspecified atom stereocenters. The van der Waals surface area contributed by atoms with Crippen LogP contribution in [-0.4, -0.2) is 21.4 Å². The Morgan fingerprint density at radius 1 is 1.53 bits per heavy atom. The van der Waals surface area contributed by atoms with Crippen LogP contribution in [0.5, 0.6) is 0 Å². The fourth-order valence-electron chi connectivity index (χ4n) is 0.834. The maximum absolute atomic E-state index is 10.0. The number of pyridine rings is 1. The lowest BCUT2D eigenvalue weighted by atomic mass is 9.95. The summed E-state index contributed by atoms with van der Waals surface area (Å²) >= 11 is 7.28. The van der Waals surface area contributed by atoms with E-state index in [1.807, 2.05) is 26.8 Å². The van der Waals surface area contributed by atoms with Crippen molar-refractivity contribution in [3.63, 3.8) is 0 Å². The van der Waals surface area contributed by atoms with Gasteiger partial charge in [0.15, 0.2) is 0 Å². The van der Waals surface area contributed by atoms with E-state index in [9.17, 15) is 5.11 Å². The van der Waals surface area contributed by atoms with Crippen LogP contribution in [0.4, 0.5) is 0 Å². The molecule has 0 aliphatic rings. The molecule has 2 nitrogen and oxygen atoms in total. The fourth-order valence-corrected chi connectivity index (χ4v) is 2.01. The van der Waals surface area contributed by atoms with Gasteiger partial charge in [-0.25, -0.2) is 4.98 Å². The normalized spacial score (nSPS) is 15.3. The molecular formula is C11H16ClNOS. The van der Waals surface area contributed by atoms with Crippen molar-refractivity contribution in [2.24, 2.45) is 5.92 Å². The molecule has 1 aromatic heterocycles. The number of aliphatic hydroxyl groups is 1. The van der Waals surface area contributed by atoms with Crippen molar-refractivity contribution in [2.45, 2.75) is 31.4 Å². The first-order chi connectivity index (χ1) is 6.92. The van der Waals surface area contributed by atoms with Gasteiger partial charge >= 0.3 is 0 Å². The van der Waals surface area contributed by atoms with Crippen molar-refractivity contribution in [3.8, 4) is 0 Å². The number of halogens is 1. The zero-order valence-electron chi connectivity index (χ0n) is 9.20. The molecule has 1 aromatic rings. The third kappa shape index (κ3) is 4.01. The summed E-state index contributed by atoms with van der Waals surface area (Å²) in [6.45, 7) is 5.87. The van der Waals surface area contributed by atoms with Gasteiger partial charge in [-0.05, 0) is 25.0 Å². The van der Waals surface area contributed by atoms with Crippen LogP contribution in [0, 0.1) is 5.92 Å². The van der Waals surface area contributed by atoms with Crippen LogP contribution in [0.25, 0.3) is 0 Å². The van der Waals surface area contributed by atoms with Gasteiger partial charge in [-0.3, -0.25) is 0 Å². The minimum atomic E-state index is -0.661. The topological polar surface area (TPSA) is 33.1 Å². The Kier molecular flexibility index (Phi) is 4.44. The molecule has 0 saturated carbocycles. The lowest BCUT2D eigenvalue weighted by Gasteiger charge is -2.26. The van der Waals surface area contributed by atoms with Crippen LogP contribution >= 0.6 is 23.4 Å². The number of rotatable bonds is 4. The highest BCUT2D eigenvalue weighted by Crippen LogP contribution is 2.26. The Labute approximate surface area is 100 Å². The van der Waals surface area contributed by atoms with E-state index in [0.29, 0.717) is 10.8 Å². The molecule has 1 atom stereocenters. The van der Waals surface area contributed by atoms with E-state index in [1.54, 1.807) is 24.0 Å². The third-order valence-electron chi connectivity index (χ3n) is 2.46. The first-order valence-electron chi connectivity index (χ1n) is 4.88. The van der Waals surface area contributed by atoms with E-state index < -0.39 is 5.60 Å². The van der Waals surface area contributed by atoms with E-state index in [-0.39, 0.29) is 5.92 Å². The van der Waals surface area contributed by atoms with Crippen LogP contribution in [0.1, 0.15) is 20.8 Å². The highest BCUT2D eigenvalue weighted by Gasteiger charge is 2.24. The second-order valence-electron chi connectivity index (χ2n) is 4.12. The Balaban J connectivity index is 2.54. The van der Waals surface area contributed by atoms with Gasteiger partial charge in [0, 0.05) is 11.9 Å². The summed E-state index contributed by atoms with van der Waals surface area (Å²) in [6.07, 6.45) is 1.62. The van der Waals surface area contributed by atoms with Crippen molar-refractivity contribution in [3.05, 3.63) is 23.4 Å². The Morgan fingerprint density at radius 2 is 2.20 bits per heavy atom. The zero-order chi connectivity index (χ0) is 11.5. The quantitative estimate of drug-likeness (QED) is 0.827. The van der Waals surface area contributed by atoms with Gasteiger partial charge in [0.05, 0.1) is 15.6 Å². The summed E-state index contributed by atoms with van der Waals surface area (Å²) in [7, 11) is 0. The van der Waals surface area contributed by atoms with Crippen LogP contribution in [0.3, 0.4) is 0 Å². The minimum Gasteiger partial charge on any atom is -0.389 e. The summed E-state index contributed by atoms with van der Waals surface area (Å²) in [6, 6.07) is 3.67. The van der Waals surface area contributed by atoms with E-state index >= 15 is 0 Å². The first-order valence-corrected chi connectivity index (χ1v) is 6.25. The average molecular weight is 246 g/mol. The first kappa shape index (κ1) is 12.8. The van der Waals surface area contributed by atoms with Gasteiger partial charge in [0.2, 0.25) is 0 Å².